The van der Waals surface area contributed by atoms with E-state index in [1.54, 1.807) is 30.4 Å². The topological polar surface area (TPSA) is 78.5 Å². The van der Waals surface area contributed by atoms with Gasteiger partial charge in [0.1, 0.15) is 18.1 Å². The smallest absolute Gasteiger partial charge is 0.345 e. The maximum absolute atomic E-state index is 12.9. The molecule has 1 aromatic carbocycles. The van der Waals surface area contributed by atoms with Gasteiger partial charge in [-0.15, -0.1) is 0 Å². The lowest BCUT2D eigenvalue weighted by atomic mass is 9.87. The van der Waals surface area contributed by atoms with E-state index in [0.717, 1.165) is 0 Å². The van der Waals surface area contributed by atoms with Gasteiger partial charge in [-0.1, -0.05) is 30.7 Å². The summed E-state index contributed by atoms with van der Waals surface area (Å²) in [6, 6.07) is 4.06. The molecule has 10 heteroatoms. The predicted octanol–water partition coefficient (Wildman–Crippen LogP) is 2.56. The van der Waals surface area contributed by atoms with Crippen LogP contribution in [-0.2, 0) is 15.1 Å². The average molecular weight is 392 g/mol. The number of imide groups is 1. The summed E-state index contributed by atoms with van der Waals surface area (Å²) in [6.45, 7) is 1.30. The van der Waals surface area contributed by atoms with Crippen LogP contribution in [0, 0.1) is 0 Å². The normalized spacial score (nSPS) is 21.5. The molecule has 26 heavy (non-hydrogen) atoms. The van der Waals surface area contributed by atoms with E-state index in [0.29, 0.717) is 15.5 Å². The Balaban J connectivity index is 2.28. The number of urea groups is 1. The summed E-state index contributed by atoms with van der Waals surface area (Å²) >= 11 is 5.95. The summed E-state index contributed by atoms with van der Waals surface area (Å²) in [5, 5.41) is 4.57. The van der Waals surface area contributed by atoms with Crippen LogP contribution in [-0.4, -0.2) is 41.5 Å². The Hall–Kier alpha value is -2.29. The first kappa shape index (κ1) is 20.0. The van der Waals surface area contributed by atoms with Crippen molar-refractivity contribution in [3.8, 4) is 0 Å². The van der Waals surface area contributed by atoms with E-state index in [2.05, 4.69) is 5.32 Å². The molecule has 0 aromatic heterocycles. The number of hydrogen-bond donors (Lipinski definition) is 2. The van der Waals surface area contributed by atoms with Crippen molar-refractivity contribution in [2.24, 2.45) is 0 Å². The third-order valence-corrected chi connectivity index (χ3v) is 4.44. The number of rotatable bonds is 5. The van der Waals surface area contributed by atoms with Crippen molar-refractivity contribution in [1.29, 1.82) is 0 Å². The minimum absolute atomic E-state index is 0.172. The van der Waals surface area contributed by atoms with E-state index >= 15 is 0 Å². The molecule has 0 spiro atoms. The SMILES string of the molecule is CC[C@]1(c2cccc(Cl)c2)NC(=O)N([C@@H](C)C(=O)NCC(F)(F)F)C1=O. The van der Waals surface area contributed by atoms with Gasteiger partial charge in [0.05, 0.1) is 0 Å². The van der Waals surface area contributed by atoms with Crippen molar-refractivity contribution in [3.05, 3.63) is 34.9 Å². The first-order chi connectivity index (χ1) is 12.0. The largest absolute Gasteiger partial charge is 0.405 e. The van der Waals surface area contributed by atoms with Gasteiger partial charge in [-0.05, 0) is 31.0 Å². The van der Waals surface area contributed by atoms with Crippen molar-refractivity contribution < 1.29 is 27.6 Å². The number of halogens is 4. The second-order valence-electron chi connectivity index (χ2n) is 5.88. The van der Waals surface area contributed by atoms with Crippen molar-refractivity contribution in [1.82, 2.24) is 15.5 Å². The molecule has 2 N–H and O–H groups in total. The van der Waals surface area contributed by atoms with Crippen LogP contribution in [0.3, 0.4) is 0 Å². The third kappa shape index (κ3) is 3.77. The molecule has 6 nitrogen and oxygen atoms in total. The number of carbonyl (C=O) groups is 3. The molecule has 0 unspecified atom stereocenters. The van der Waals surface area contributed by atoms with Crippen LogP contribution in [0.4, 0.5) is 18.0 Å². The van der Waals surface area contributed by atoms with Crippen LogP contribution < -0.4 is 10.6 Å². The molecule has 1 aliphatic heterocycles. The van der Waals surface area contributed by atoms with Crippen molar-refractivity contribution in [3.63, 3.8) is 0 Å². The van der Waals surface area contributed by atoms with E-state index in [1.807, 2.05) is 0 Å². The molecule has 1 aliphatic rings. The highest BCUT2D eigenvalue weighted by atomic mass is 35.5. The number of alkyl halides is 3. The number of amides is 4. The first-order valence-corrected chi connectivity index (χ1v) is 8.16. The molecule has 0 aliphatic carbocycles. The second-order valence-corrected chi connectivity index (χ2v) is 6.32. The number of hydrogen-bond acceptors (Lipinski definition) is 3. The fraction of sp³-hybridized carbons (Fsp3) is 0.438. The Morgan fingerprint density at radius 1 is 1.38 bits per heavy atom. The predicted molar refractivity (Wildman–Crippen MR) is 87.3 cm³/mol. The highest BCUT2D eigenvalue weighted by molar-refractivity contribution is 6.30. The molecular formula is C16H17ClF3N3O3. The molecule has 0 radical (unpaired) electrons. The van der Waals surface area contributed by atoms with Crippen LogP contribution in [0.15, 0.2) is 24.3 Å². The van der Waals surface area contributed by atoms with Crippen LogP contribution >= 0.6 is 11.6 Å². The molecule has 2 rings (SSSR count). The number of nitrogens with one attached hydrogen (secondary N) is 2. The molecular weight excluding hydrogens is 375 g/mol. The minimum Gasteiger partial charge on any atom is -0.345 e. The molecule has 1 aromatic rings. The average Bonchev–Trinajstić information content (AvgIpc) is 2.82. The summed E-state index contributed by atoms with van der Waals surface area (Å²) in [6.07, 6.45) is -4.42. The molecule has 0 saturated carbocycles. The Labute approximate surface area is 152 Å². The number of benzene rings is 1. The van der Waals surface area contributed by atoms with Crippen LogP contribution in [0.5, 0.6) is 0 Å². The lowest BCUT2D eigenvalue weighted by Crippen LogP contribution is -2.51. The van der Waals surface area contributed by atoms with E-state index in [9.17, 15) is 27.6 Å². The van der Waals surface area contributed by atoms with Crippen LogP contribution in [0.25, 0.3) is 0 Å². The van der Waals surface area contributed by atoms with Gasteiger partial charge in [0.15, 0.2) is 0 Å². The molecule has 2 atom stereocenters. The molecule has 4 amide bonds. The minimum atomic E-state index is -4.60. The zero-order chi connectivity index (χ0) is 19.7. The van der Waals surface area contributed by atoms with Gasteiger partial charge in [-0.2, -0.15) is 13.2 Å². The first-order valence-electron chi connectivity index (χ1n) is 7.78. The maximum atomic E-state index is 12.9. The molecule has 1 fully saturated rings. The summed E-state index contributed by atoms with van der Waals surface area (Å²) < 4.78 is 36.8. The quantitative estimate of drug-likeness (QED) is 0.757. The Morgan fingerprint density at radius 3 is 2.58 bits per heavy atom. The number of carbonyl (C=O) groups excluding carboxylic acids is 3. The highest BCUT2D eigenvalue weighted by Gasteiger charge is 2.53. The van der Waals surface area contributed by atoms with E-state index in [4.69, 9.17) is 11.6 Å². The van der Waals surface area contributed by atoms with Gasteiger partial charge in [0, 0.05) is 5.02 Å². The van der Waals surface area contributed by atoms with Crippen molar-refractivity contribution >= 4 is 29.4 Å². The second kappa shape index (κ2) is 7.14. The molecule has 1 saturated heterocycles. The van der Waals surface area contributed by atoms with Crippen molar-refractivity contribution in [2.75, 3.05) is 6.54 Å². The summed E-state index contributed by atoms with van der Waals surface area (Å²) in [4.78, 5) is 37.8. The van der Waals surface area contributed by atoms with Crippen molar-refractivity contribution in [2.45, 2.75) is 38.0 Å². The summed E-state index contributed by atoms with van der Waals surface area (Å²) in [7, 11) is 0. The zero-order valence-electron chi connectivity index (χ0n) is 14.0. The van der Waals surface area contributed by atoms with Gasteiger partial charge in [0.25, 0.3) is 5.91 Å². The summed E-state index contributed by atoms with van der Waals surface area (Å²) in [5.41, 5.74) is -1.00. The zero-order valence-corrected chi connectivity index (χ0v) is 14.7. The van der Waals surface area contributed by atoms with Gasteiger partial charge in [-0.3, -0.25) is 9.59 Å². The van der Waals surface area contributed by atoms with Gasteiger partial charge >= 0.3 is 12.2 Å². The monoisotopic (exact) mass is 391 g/mol. The third-order valence-electron chi connectivity index (χ3n) is 4.20. The lowest BCUT2D eigenvalue weighted by molar-refractivity contribution is -0.144. The Bertz CT molecular complexity index is 741. The maximum Gasteiger partial charge on any atom is 0.405 e. The lowest BCUT2D eigenvalue weighted by Gasteiger charge is -2.27. The Kier molecular flexibility index (Phi) is 5.50. The molecule has 0 bridgehead atoms. The van der Waals surface area contributed by atoms with E-state index in [1.165, 1.54) is 13.0 Å². The fourth-order valence-corrected chi connectivity index (χ4v) is 2.98. The molecule has 1 heterocycles. The summed E-state index contributed by atoms with van der Waals surface area (Å²) in [5.74, 6) is -1.80. The highest BCUT2D eigenvalue weighted by Crippen LogP contribution is 2.34. The molecule has 142 valence electrons. The van der Waals surface area contributed by atoms with Gasteiger partial charge in [-0.25, -0.2) is 9.69 Å². The van der Waals surface area contributed by atoms with Crippen LogP contribution in [0.1, 0.15) is 25.8 Å². The van der Waals surface area contributed by atoms with Gasteiger partial charge in [0.2, 0.25) is 5.91 Å². The van der Waals surface area contributed by atoms with E-state index in [-0.39, 0.29) is 6.42 Å². The Morgan fingerprint density at radius 2 is 2.04 bits per heavy atom. The standard InChI is InChI=1S/C16H17ClF3N3O3/c1-3-15(10-5-4-6-11(17)7-10)13(25)23(14(26)22-15)9(2)12(24)21-8-16(18,19)20/h4-7,9H,3,8H2,1-2H3,(H,21,24)(H,22,26)/t9-,15+/m0/s1. The van der Waals surface area contributed by atoms with E-state index < -0.39 is 42.1 Å². The van der Waals surface area contributed by atoms with Gasteiger partial charge < -0.3 is 10.6 Å². The number of nitrogens with zero attached hydrogens (tertiary/aromatic N) is 1. The fourth-order valence-electron chi connectivity index (χ4n) is 2.79. The van der Waals surface area contributed by atoms with Crippen LogP contribution in [0.2, 0.25) is 5.02 Å².